The number of nitrogens with one attached hydrogen (secondary N) is 1. The highest BCUT2D eigenvalue weighted by atomic mass is 32.2. The number of fused-ring (bicyclic) bond motifs is 3. The summed E-state index contributed by atoms with van der Waals surface area (Å²) >= 11 is 4.81. The highest BCUT2D eigenvalue weighted by Crippen LogP contribution is 2.40. The number of nitrogens with zero attached hydrogens (tertiary/aromatic N) is 3. The van der Waals surface area contributed by atoms with Crippen LogP contribution in [-0.4, -0.2) is 26.6 Å². The third kappa shape index (κ3) is 3.88. The van der Waals surface area contributed by atoms with Crippen LogP contribution < -0.4 is 5.32 Å². The van der Waals surface area contributed by atoms with Crippen LogP contribution in [0.5, 0.6) is 0 Å². The smallest absolute Gasteiger partial charge is 0.236 e. The fourth-order valence-corrected chi connectivity index (χ4v) is 6.55. The second-order valence-corrected chi connectivity index (χ2v) is 10.4. The number of thiophene rings is 1. The van der Waals surface area contributed by atoms with Crippen molar-refractivity contribution in [1.29, 1.82) is 0 Å². The molecule has 0 unspecified atom stereocenters. The largest absolute Gasteiger partial charge is 0.301 e. The minimum Gasteiger partial charge on any atom is -0.301 e. The molecule has 1 aliphatic carbocycles. The molecule has 1 amide bonds. The van der Waals surface area contributed by atoms with Crippen molar-refractivity contribution in [1.82, 2.24) is 15.0 Å². The molecule has 1 atom stereocenters. The van der Waals surface area contributed by atoms with Gasteiger partial charge in [0.1, 0.15) is 15.7 Å². The van der Waals surface area contributed by atoms with E-state index < -0.39 is 0 Å². The summed E-state index contributed by atoms with van der Waals surface area (Å²) in [6, 6.07) is 0. The summed E-state index contributed by atoms with van der Waals surface area (Å²) in [5.41, 5.74) is 2.37. The van der Waals surface area contributed by atoms with Gasteiger partial charge in [0.25, 0.3) is 0 Å². The first-order valence-electron chi connectivity index (χ1n) is 9.06. The Hall–Kier alpha value is -1.51. The average molecular weight is 419 g/mol. The van der Waals surface area contributed by atoms with Crippen molar-refractivity contribution >= 4 is 55.7 Å². The highest BCUT2D eigenvalue weighted by molar-refractivity contribution is 8.00. The van der Waals surface area contributed by atoms with Crippen LogP contribution in [-0.2, 0) is 17.6 Å². The Labute approximate surface area is 171 Å². The van der Waals surface area contributed by atoms with Gasteiger partial charge in [-0.15, -0.1) is 22.7 Å². The number of aryl methyl sites for hydroxylation is 4. The first kappa shape index (κ1) is 18.8. The van der Waals surface area contributed by atoms with Gasteiger partial charge in [0, 0.05) is 15.1 Å². The van der Waals surface area contributed by atoms with E-state index in [1.54, 1.807) is 11.3 Å². The van der Waals surface area contributed by atoms with Gasteiger partial charge in [0.05, 0.1) is 11.4 Å². The Morgan fingerprint density at radius 1 is 1.22 bits per heavy atom. The van der Waals surface area contributed by atoms with Gasteiger partial charge in [-0.2, -0.15) is 0 Å². The van der Waals surface area contributed by atoms with Gasteiger partial charge in [0.15, 0.2) is 5.13 Å². The molecule has 8 heteroatoms. The zero-order valence-electron chi connectivity index (χ0n) is 15.9. The summed E-state index contributed by atoms with van der Waals surface area (Å²) in [6.45, 7) is 8.20. The lowest BCUT2D eigenvalue weighted by atomic mass is 9.89. The average Bonchev–Trinajstić information content (AvgIpc) is 3.11. The molecule has 0 bridgehead atoms. The van der Waals surface area contributed by atoms with Crippen LogP contribution in [0, 0.1) is 26.7 Å². The monoisotopic (exact) mass is 418 g/mol. The number of rotatable bonds is 4. The van der Waals surface area contributed by atoms with Gasteiger partial charge in [-0.25, -0.2) is 15.0 Å². The molecule has 0 aliphatic heterocycles. The van der Waals surface area contributed by atoms with Crippen LogP contribution in [0.3, 0.4) is 0 Å². The fourth-order valence-electron chi connectivity index (χ4n) is 3.33. The Morgan fingerprint density at radius 3 is 2.78 bits per heavy atom. The standard InChI is InChI=1S/C19H22N4OS3/c1-9-5-6-13-14(7-9)27-18-16(13)17(21-12(4)22-18)25-8-15(24)23-19-20-10(2)11(3)26-19/h9H,5-8H2,1-4H3,(H,20,23,24)/t9-/m1/s1. The first-order chi connectivity index (χ1) is 12.9. The van der Waals surface area contributed by atoms with Crippen molar-refractivity contribution in [2.75, 3.05) is 11.1 Å². The molecule has 142 valence electrons. The first-order valence-corrected chi connectivity index (χ1v) is 11.7. The lowest BCUT2D eigenvalue weighted by molar-refractivity contribution is -0.113. The maximum Gasteiger partial charge on any atom is 0.236 e. The molecule has 1 aliphatic rings. The number of anilines is 1. The summed E-state index contributed by atoms with van der Waals surface area (Å²) in [5.74, 6) is 1.77. The van der Waals surface area contributed by atoms with Crippen LogP contribution in [0.15, 0.2) is 5.03 Å². The maximum absolute atomic E-state index is 12.4. The van der Waals surface area contributed by atoms with E-state index in [1.807, 2.05) is 20.8 Å². The Bertz CT molecular complexity index is 1000. The number of carbonyl (C=O) groups excluding carboxylic acids is 1. The van der Waals surface area contributed by atoms with Crippen LogP contribution in [0.1, 0.15) is 40.2 Å². The molecule has 4 rings (SSSR count). The number of carbonyl (C=O) groups is 1. The molecule has 0 radical (unpaired) electrons. The van der Waals surface area contributed by atoms with E-state index in [1.165, 1.54) is 45.3 Å². The molecular formula is C19H22N4OS3. The van der Waals surface area contributed by atoms with Gasteiger partial charge < -0.3 is 5.32 Å². The lowest BCUT2D eigenvalue weighted by Gasteiger charge is -2.18. The van der Waals surface area contributed by atoms with E-state index in [0.717, 1.165) is 45.0 Å². The lowest BCUT2D eigenvalue weighted by Crippen LogP contribution is -2.14. The molecule has 0 fully saturated rings. The molecule has 3 aromatic heterocycles. The van der Waals surface area contributed by atoms with E-state index in [0.29, 0.717) is 10.9 Å². The van der Waals surface area contributed by atoms with Crippen LogP contribution in [0.25, 0.3) is 10.2 Å². The third-order valence-corrected chi connectivity index (χ3v) is 7.96. The van der Waals surface area contributed by atoms with E-state index in [9.17, 15) is 4.79 Å². The van der Waals surface area contributed by atoms with Gasteiger partial charge in [-0.1, -0.05) is 18.7 Å². The molecule has 0 spiro atoms. The van der Waals surface area contributed by atoms with Crippen molar-refractivity contribution in [2.45, 2.75) is 52.0 Å². The minimum atomic E-state index is -0.0455. The Morgan fingerprint density at radius 2 is 2.04 bits per heavy atom. The van der Waals surface area contributed by atoms with Crippen LogP contribution in [0.4, 0.5) is 5.13 Å². The maximum atomic E-state index is 12.4. The molecule has 0 saturated carbocycles. The zero-order valence-corrected chi connectivity index (χ0v) is 18.3. The van der Waals surface area contributed by atoms with Gasteiger partial charge in [-0.3, -0.25) is 4.79 Å². The highest BCUT2D eigenvalue weighted by Gasteiger charge is 2.24. The molecular weight excluding hydrogens is 396 g/mol. The number of thiazole rings is 1. The quantitative estimate of drug-likeness (QED) is 0.481. The van der Waals surface area contributed by atoms with Gasteiger partial charge in [-0.05, 0) is 51.5 Å². The Balaban J connectivity index is 1.55. The number of hydrogen-bond acceptors (Lipinski definition) is 7. The molecule has 0 aromatic carbocycles. The molecule has 1 N–H and O–H groups in total. The summed E-state index contributed by atoms with van der Waals surface area (Å²) in [4.78, 5) is 29.7. The van der Waals surface area contributed by atoms with Crippen LogP contribution in [0.2, 0.25) is 0 Å². The number of thioether (sulfide) groups is 1. The predicted octanol–water partition coefficient (Wildman–Crippen LogP) is 4.93. The van der Waals surface area contributed by atoms with E-state index in [2.05, 4.69) is 27.2 Å². The van der Waals surface area contributed by atoms with Gasteiger partial charge >= 0.3 is 0 Å². The molecule has 3 aromatic rings. The van der Waals surface area contributed by atoms with Crippen molar-refractivity contribution in [3.05, 3.63) is 26.8 Å². The fraction of sp³-hybridized carbons (Fsp3) is 0.474. The predicted molar refractivity (Wildman–Crippen MR) is 114 cm³/mol. The zero-order chi connectivity index (χ0) is 19.1. The SMILES string of the molecule is Cc1nc(SCC(=O)Nc2nc(C)c(C)s2)c2c3c(sc2n1)C[C@H](C)CC3. The normalized spacial score (nSPS) is 16.5. The molecule has 27 heavy (non-hydrogen) atoms. The van der Waals surface area contributed by atoms with Gasteiger partial charge in [0.2, 0.25) is 5.91 Å². The third-order valence-electron chi connectivity index (χ3n) is 4.85. The topological polar surface area (TPSA) is 67.8 Å². The van der Waals surface area contributed by atoms with E-state index in [4.69, 9.17) is 0 Å². The summed E-state index contributed by atoms with van der Waals surface area (Å²) in [6.07, 6.45) is 3.42. The number of aromatic nitrogens is 3. The summed E-state index contributed by atoms with van der Waals surface area (Å²) in [5, 5.41) is 5.68. The summed E-state index contributed by atoms with van der Waals surface area (Å²) < 4.78 is 0. The van der Waals surface area contributed by atoms with Crippen molar-refractivity contribution < 1.29 is 4.79 Å². The summed E-state index contributed by atoms with van der Waals surface area (Å²) in [7, 11) is 0. The minimum absolute atomic E-state index is 0.0455. The van der Waals surface area contributed by atoms with Crippen molar-refractivity contribution in [3.8, 4) is 0 Å². The molecule has 3 heterocycles. The van der Waals surface area contributed by atoms with E-state index in [-0.39, 0.29) is 5.91 Å². The molecule has 0 saturated heterocycles. The van der Waals surface area contributed by atoms with Crippen LogP contribution >= 0.6 is 34.4 Å². The van der Waals surface area contributed by atoms with Crippen molar-refractivity contribution in [3.63, 3.8) is 0 Å². The van der Waals surface area contributed by atoms with Crippen molar-refractivity contribution in [2.24, 2.45) is 5.92 Å². The Kier molecular flexibility index (Phi) is 5.22. The number of hydrogen-bond donors (Lipinski definition) is 1. The molecule has 5 nitrogen and oxygen atoms in total. The second kappa shape index (κ2) is 7.48. The van der Waals surface area contributed by atoms with E-state index >= 15 is 0 Å². The number of amides is 1. The second-order valence-electron chi connectivity index (χ2n) is 7.11.